The number of anilines is 2. The van der Waals surface area contributed by atoms with Gasteiger partial charge in [0.1, 0.15) is 5.60 Å². The van der Waals surface area contributed by atoms with Crippen LogP contribution in [0.5, 0.6) is 5.75 Å². The minimum atomic E-state index is -3.28. The van der Waals surface area contributed by atoms with Gasteiger partial charge in [-0.2, -0.15) is 13.2 Å². The highest BCUT2D eigenvalue weighted by molar-refractivity contribution is 5.83. The van der Waals surface area contributed by atoms with Crippen LogP contribution in [0.4, 0.5) is 29.1 Å². The molecule has 258 valence electrons. The molecular formula is C35H37F4N7O3. The summed E-state index contributed by atoms with van der Waals surface area (Å²) in [6.07, 6.45) is 5.04. The van der Waals surface area contributed by atoms with E-state index in [4.69, 9.17) is 9.47 Å². The van der Waals surface area contributed by atoms with E-state index in [0.717, 1.165) is 22.5 Å². The molecule has 4 heterocycles. The molecule has 14 heteroatoms. The number of rotatable bonds is 10. The number of benzene rings is 2. The Morgan fingerprint density at radius 1 is 1.10 bits per heavy atom. The Morgan fingerprint density at radius 3 is 2.51 bits per heavy atom. The standard InChI is InChI=1S/C35H37F4N7O3/c1-6-35(38,39)34(49-5)18-26(42-20-34)33(47)45-15-13-44(14-16-45)22(3)24-8-7-23(17-21(24)2)43-31-32-41-19-27(46(32)12-11-40-31)25-9-10-28(48-4)30(37)29(25)36/h6-12,17,19,26,42H,1,3,13-16,18,20H2,2,4-5H3,(H,40,43)/t26-,34-/m0/s1. The van der Waals surface area contributed by atoms with Crippen molar-refractivity contribution in [3.8, 4) is 17.0 Å². The first-order chi connectivity index (χ1) is 23.4. The van der Waals surface area contributed by atoms with Crippen LogP contribution in [0.25, 0.3) is 22.6 Å². The van der Waals surface area contributed by atoms with Gasteiger partial charge in [-0.05, 0) is 42.8 Å². The number of amides is 1. The van der Waals surface area contributed by atoms with Crippen molar-refractivity contribution < 1.29 is 31.8 Å². The van der Waals surface area contributed by atoms with Crippen molar-refractivity contribution in [3.63, 3.8) is 0 Å². The number of carbonyl (C=O) groups is 1. The normalized spacial score (nSPS) is 19.7. The van der Waals surface area contributed by atoms with Gasteiger partial charge in [-0.25, -0.2) is 14.4 Å². The molecule has 10 nitrogen and oxygen atoms in total. The topological polar surface area (TPSA) is 96.3 Å². The van der Waals surface area contributed by atoms with Gasteiger partial charge >= 0.3 is 0 Å². The van der Waals surface area contributed by atoms with E-state index in [2.05, 4.69) is 38.7 Å². The maximum atomic E-state index is 14.9. The summed E-state index contributed by atoms with van der Waals surface area (Å²) in [6, 6.07) is 7.80. The third-order valence-electron chi connectivity index (χ3n) is 9.46. The molecule has 0 radical (unpaired) electrons. The lowest BCUT2D eigenvalue weighted by molar-refractivity contribution is -0.159. The molecule has 0 bridgehead atoms. The molecule has 2 aliphatic rings. The molecule has 0 saturated carbocycles. The van der Waals surface area contributed by atoms with E-state index in [1.807, 2.05) is 25.1 Å². The Balaban J connectivity index is 1.11. The number of alkyl halides is 2. The molecule has 1 amide bonds. The molecule has 0 spiro atoms. The van der Waals surface area contributed by atoms with Gasteiger partial charge in [0.2, 0.25) is 11.7 Å². The van der Waals surface area contributed by atoms with Crippen LogP contribution in [0.15, 0.2) is 68.2 Å². The van der Waals surface area contributed by atoms with Crippen LogP contribution >= 0.6 is 0 Å². The Morgan fingerprint density at radius 2 is 1.84 bits per heavy atom. The molecule has 2 aliphatic heterocycles. The number of methoxy groups -OCH3 is 2. The zero-order valence-corrected chi connectivity index (χ0v) is 27.4. The number of carbonyl (C=O) groups excluding carboxylic acids is 1. The van der Waals surface area contributed by atoms with Crippen molar-refractivity contribution in [1.82, 2.24) is 29.5 Å². The molecule has 2 aromatic heterocycles. The van der Waals surface area contributed by atoms with Crippen molar-refractivity contribution in [1.29, 1.82) is 0 Å². The van der Waals surface area contributed by atoms with Gasteiger partial charge in [-0.1, -0.05) is 19.2 Å². The molecule has 0 unspecified atom stereocenters. The minimum Gasteiger partial charge on any atom is -0.494 e. The second-order valence-corrected chi connectivity index (χ2v) is 12.1. The van der Waals surface area contributed by atoms with E-state index in [-0.39, 0.29) is 30.2 Å². The van der Waals surface area contributed by atoms with E-state index in [0.29, 0.717) is 49.4 Å². The van der Waals surface area contributed by atoms with Crippen LogP contribution in [-0.4, -0.2) is 94.6 Å². The maximum absolute atomic E-state index is 14.9. The number of aromatic nitrogens is 3. The fraction of sp³-hybridized carbons (Fsp3) is 0.343. The first kappa shape index (κ1) is 33.9. The highest BCUT2D eigenvalue weighted by Gasteiger charge is 2.57. The first-order valence-electron chi connectivity index (χ1n) is 15.7. The first-order valence-corrected chi connectivity index (χ1v) is 15.7. The van der Waals surface area contributed by atoms with Crippen LogP contribution < -0.4 is 15.4 Å². The largest absolute Gasteiger partial charge is 0.494 e. The van der Waals surface area contributed by atoms with Crippen molar-refractivity contribution in [3.05, 3.63) is 90.9 Å². The number of imidazole rings is 1. The number of aryl methyl sites for hydroxylation is 1. The van der Waals surface area contributed by atoms with E-state index in [9.17, 15) is 22.4 Å². The van der Waals surface area contributed by atoms with Gasteiger partial charge < -0.3 is 29.9 Å². The van der Waals surface area contributed by atoms with E-state index < -0.39 is 29.2 Å². The van der Waals surface area contributed by atoms with Crippen LogP contribution in [0, 0.1) is 18.6 Å². The fourth-order valence-corrected chi connectivity index (χ4v) is 6.55. The summed E-state index contributed by atoms with van der Waals surface area (Å²) in [4.78, 5) is 25.9. The zero-order chi connectivity index (χ0) is 35.1. The SMILES string of the molecule is C=CC(F)(F)[C@@]1(OC)CN[C@H](C(=O)N2CCN(C(=C)c3ccc(Nc4nccn5c(-c6ccc(OC)c(F)c6F)cnc45)cc3C)CC2)C1. The van der Waals surface area contributed by atoms with Crippen LogP contribution in [0.1, 0.15) is 17.5 Å². The Kier molecular flexibility index (Phi) is 9.11. The lowest BCUT2D eigenvalue weighted by atomic mass is 9.91. The number of halogens is 4. The van der Waals surface area contributed by atoms with Crippen LogP contribution in [0.2, 0.25) is 0 Å². The summed E-state index contributed by atoms with van der Waals surface area (Å²) in [6.45, 7) is 11.3. The predicted octanol–water partition coefficient (Wildman–Crippen LogP) is 5.42. The number of hydrogen-bond donors (Lipinski definition) is 2. The smallest absolute Gasteiger partial charge is 0.295 e. The number of piperazine rings is 1. The van der Waals surface area contributed by atoms with E-state index >= 15 is 0 Å². The molecular weight excluding hydrogens is 642 g/mol. The molecule has 6 rings (SSSR count). The van der Waals surface area contributed by atoms with Crippen LogP contribution in [0.3, 0.4) is 0 Å². The average Bonchev–Trinajstić information content (AvgIpc) is 3.76. The Bertz CT molecular complexity index is 1920. The van der Waals surface area contributed by atoms with Gasteiger partial charge in [0.25, 0.3) is 5.92 Å². The third kappa shape index (κ3) is 5.99. The predicted molar refractivity (Wildman–Crippen MR) is 178 cm³/mol. The van der Waals surface area contributed by atoms with Crippen LogP contribution in [-0.2, 0) is 9.53 Å². The molecule has 2 N–H and O–H groups in total. The number of nitrogens with zero attached hydrogens (tertiary/aromatic N) is 5. The summed E-state index contributed by atoms with van der Waals surface area (Å²) in [5.41, 5.74) is 2.37. The molecule has 2 saturated heterocycles. The number of ether oxygens (including phenoxy) is 2. The van der Waals surface area contributed by atoms with Gasteiger partial charge in [-0.15, -0.1) is 0 Å². The lowest BCUT2D eigenvalue weighted by Crippen LogP contribution is -2.52. The molecule has 0 aliphatic carbocycles. The van der Waals surface area contributed by atoms with Crippen molar-refractivity contribution >= 4 is 28.8 Å². The molecule has 49 heavy (non-hydrogen) atoms. The monoisotopic (exact) mass is 679 g/mol. The fourth-order valence-electron chi connectivity index (χ4n) is 6.55. The van der Waals surface area contributed by atoms with Gasteiger partial charge in [0.05, 0.1) is 25.0 Å². The summed E-state index contributed by atoms with van der Waals surface area (Å²) in [5.74, 6) is -5.40. The van der Waals surface area contributed by atoms with E-state index in [1.54, 1.807) is 21.7 Å². The van der Waals surface area contributed by atoms with E-state index in [1.165, 1.54) is 32.5 Å². The molecule has 2 fully saturated rings. The molecule has 2 atom stereocenters. The summed E-state index contributed by atoms with van der Waals surface area (Å²) < 4.78 is 70.2. The van der Waals surface area contributed by atoms with Gasteiger partial charge in [0.15, 0.2) is 23.0 Å². The average molecular weight is 680 g/mol. The summed E-state index contributed by atoms with van der Waals surface area (Å²) >= 11 is 0. The third-order valence-corrected chi connectivity index (χ3v) is 9.46. The number of fused-ring (bicyclic) bond motifs is 1. The Labute approximate surface area is 281 Å². The van der Waals surface area contributed by atoms with Crippen molar-refractivity contribution in [2.75, 3.05) is 52.3 Å². The molecule has 2 aromatic carbocycles. The second kappa shape index (κ2) is 13.2. The van der Waals surface area contributed by atoms with Gasteiger partial charge in [0, 0.05) is 81.2 Å². The summed E-state index contributed by atoms with van der Waals surface area (Å²) in [7, 11) is 2.50. The number of nitrogens with one attached hydrogen (secondary N) is 2. The van der Waals surface area contributed by atoms with Crippen molar-refractivity contribution in [2.45, 2.75) is 30.9 Å². The Hall–Kier alpha value is -4.95. The highest BCUT2D eigenvalue weighted by Crippen LogP contribution is 2.40. The maximum Gasteiger partial charge on any atom is 0.295 e. The zero-order valence-electron chi connectivity index (χ0n) is 27.4. The quantitative estimate of drug-likeness (QED) is 0.170. The van der Waals surface area contributed by atoms with Gasteiger partial charge in [-0.3, -0.25) is 9.20 Å². The van der Waals surface area contributed by atoms with Crippen molar-refractivity contribution in [2.24, 2.45) is 0 Å². The molecule has 4 aromatic rings. The minimum absolute atomic E-state index is 0.0309. The number of hydrogen-bond acceptors (Lipinski definition) is 8. The highest BCUT2D eigenvalue weighted by atomic mass is 19.3. The lowest BCUT2D eigenvalue weighted by Gasteiger charge is -2.38. The summed E-state index contributed by atoms with van der Waals surface area (Å²) in [5, 5.41) is 6.20. The second-order valence-electron chi connectivity index (χ2n) is 12.1.